The molecule has 0 saturated carbocycles. The number of aryl methyl sites for hydroxylation is 1. The number of nitrogens with zero attached hydrogens (tertiary/aromatic N) is 2. The van der Waals surface area contributed by atoms with Crippen molar-refractivity contribution < 1.29 is 9.53 Å². The Morgan fingerprint density at radius 3 is 2.91 bits per heavy atom. The summed E-state index contributed by atoms with van der Waals surface area (Å²) in [6.07, 6.45) is 1.67. The fourth-order valence-corrected chi connectivity index (χ4v) is 2.69. The van der Waals surface area contributed by atoms with Crippen molar-refractivity contribution in [1.29, 1.82) is 0 Å². The van der Waals surface area contributed by atoms with E-state index >= 15 is 0 Å². The lowest BCUT2D eigenvalue weighted by molar-refractivity contribution is -0.121. The Bertz CT molecular complexity index is 839. The summed E-state index contributed by atoms with van der Waals surface area (Å²) in [5.74, 6) is 0.496. The number of hydrogen-bond acceptors (Lipinski definition) is 3. The van der Waals surface area contributed by atoms with Crippen molar-refractivity contribution in [2.24, 2.45) is 0 Å². The van der Waals surface area contributed by atoms with Gasteiger partial charge in [-0.15, -0.1) is 0 Å². The molecular weight excluding hydrogens is 290 g/mol. The second kappa shape index (κ2) is 6.52. The van der Waals surface area contributed by atoms with Crippen LogP contribution in [0.2, 0.25) is 0 Å². The van der Waals surface area contributed by atoms with Crippen molar-refractivity contribution >= 4 is 16.8 Å². The number of benzene rings is 1. The molecule has 3 aromatic rings. The van der Waals surface area contributed by atoms with E-state index in [1.165, 1.54) is 0 Å². The molecule has 23 heavy (non-hydrogen) atoms. The van der Waals surface area contributed by atoms with Crippen molar-refractivity contribution in [1.82, 2.24) is 14.9 Å². The third-order valence-corrected chi connectivity index (χ3v) is 3.84. The van der Waals surface area contributed by atoms with Crippen LogP contribution in [0.15, 0.2) is 48.7 Å². The van der Waals surface area contributed by atoms with Crippen LogP contribution in [0.5, 0.6) is 5.88 Å². The molecule has 2 aromatic heterocycles. The highest BCUT2D eigenvalue weighted by Gasteiger charge is 2.10. The third kappa shape index (κ3) is 3.18. The Labute approximate surface area is 134 Å². The van der Waals surface area contributed by atoms with Gasteiger partial charge in [0.15, 0.2) is 0 Å². The van der Waals surface area contributed by atoms with Gasteiger partial charge in [-0.3, -0.25) is 4.79 Å². The normalized spacial score (nSPS) is 10.7. The maximum absolute atomic E-state index is 12.3. The third-order valence-electron chi connectivity index (χ3n) is 3.84. The summed E-state index contributed by atoms with van der Waals surface area (Å²) in [5, 5.41) is 4.07. The van der Waals surface area contributed by atoms with E-state index in [4.69, 9.17) is 4.74 Å². The van der Waals surface area contributed by atoms with Crippen molar-refractivity contribution in [3.63, 3.8) is 0 Å². The highest BCUT2D eigenvalue weighted by Crippen LogP contribution is 2.19. The molecule has 0 aliphatic heterocycles. The number of amides is 1. The Balaban J connectivity index is 1.71. The molecule has 0 fully saturated rings. The van der Waals surface area contributed by atoms with Crippen LogP contribution in [0.4, 0.5) is 0 Å². The average Bonchev–Trinajstić information content (AvgIpc) is 2.89. The number of rotatable bonds is 5. The number of fused-ring (bicyclic) bond motifs is 1. The number of para-hydroxylation sites is 1. The molecule has 5 heteroatoms. The maximum atomic E-state index is 12.3. The van der Waals surface area contributed by atoms with E-state index in [1.807, 2.05) is 41.8 Å². The van der Waals surface area contributed by atoms with Crippen molar-refractivity contribution in [3.8, 4) is 5.88 Å². The van der Waals surface area contributed by atoms with E-state index < -0.39 is 0 Å². The summed E-state index contributed by atoms with van der Waals surface area (Å²) in [6, 6.07) is 13.9. The van der Waals surface area contributed by atoms with Gasteiger partial charge in [0.1, 0.15) is 6.54 Å². The van der Waals surface area contributed by atoms with Crippen molar-refractivity contribution in [2.75, 3.05) is 7.11 Å². The smallest absolute Gasteiger partial charge is 0.240 e. The van der Waals surface area contributed by atoms with Crippen LogP contribution >= 0.6 is 0 Å². The predicted octanol–water partition coefficient (Wildman–Crippen LogP) is 2.67. The zero-order valence-electron chi connectivity index (χ0n) is 13.2. The van der Waals surface area contributed by atoms with Gasteiger partial charge in [-0.05, 0) is 30.5 Å². The molecule has 0 atom stereocenters. The van der Waals surface area contributed by atoms with Crippen LogP contribution in [0, 0.1) is 6.92 Å². The molecule has 1 amide bonds. The molecule has 118 valence electrons. The Morgan fingerprint density at radius 1 is 1.26 bits per heavy atom. The summed E-state index contributed by atoms with van der Waals surface area (Å²) in [6.45, 7) is 2.70. The standard InChI is InChI=1S/C18H19N3O2/c1-13-10-14-6-3-4-8-16(14)21(13)12-17(22)20-11-15-7-5-9-19-18(15)23-2/h3-10H,11-12H2,1-2H3,(H,20,22). The maximum Gasteiger partial charge on any atom is 0.240 e. The van der Waals surface area contributed by atoms with Crippen LogP contribution in [0.1, 0.15) is 11.3 Å². The first-order valence-electron chi connectivity index (χ1n) is 7.48. The molecule has 0 radical (unpaired) electrons. The minimum atomic E-state index is -0.0413. The molecule has 2 heterocycles. The number of nitrogens with one attached hydrogen (secondary N) is 1. The summed E-state index contributed by atoms with van der Waals surface area (Å²) >= 11 is 0. The summed E-state index contributed by atoms with van der Waals surface area (Å²) < 4.78 is 7.21. The lowest BCUT2D eigenvalue weighted by Gasteiger charge is -2.11. The van der Waals surface area contributed by atoms with Crippen LogP contribution in [-0.2, 0) is 17.9 Å². The zero-order valence-corrected chi connectivity index (χ0v) is 13.2. The van der Waals surface area contributed by atoms with Gasteiger partial charge < -0.3 is 14.6 Å². The largest absolute Gasteiger partial charge is 0.481 e. The van der Waals surface area contributed by atoms with E-state index in [0.717, 1.165) is 22.2 Å². The highest BCUT2D eigenvalue weighted by molar-refractivity contribution is 5.84. The number of hydrogen-bond donors (Lipinski definition) is 1. The monoisotopic (exact) mass is 309 g/mol. The van der Waals surface area contributed by atoms with Gasteiger partial charge in [-0.25, -0.2) is 4.98 Å². The molecule has 0 spiro atoms. The lowest BCUT2D eigenvalue weighted by atomic mass is 10.2. The first-order valence-corrected chi connectivity index (χ1v) is 7.48. The number of methoxy groups -OCH3 is 1. The highest BCUT2D eigenvalue weighted by atomic mass is 16.5. The molecule has 0 aliphatic rings. The van der Waals surface area contributed by atoms with Gasteiger partial charge >= 0.3 is 0 Å². The minimum Gasteiger partial charge on any atom is -0.481 e. The Kier molecular flexibility index (Phi) is 4.28. The molecule has 1 aromatic carbocycles. The van der Waals surface area contributed by atoms with Crippen molar-refractivity contribution in [2.45, 2.75) is 20.0 Å². The Morgan fingerprint density at radius 2 is 2.09 bits per heavy atom. The van der Waals surface area contributed by atoms with E-state index in [-0.39, 0.29) is 5.91 Å². The van der Waals surface area contributed by atoms with Gasteiger partial charge in [-0.2, -0.15) is 0 Å². The first kappa shape index (κ1) is 15.1. The van der Waals surface area contributed by atoms with Gasteiger partial charge in [-0.1, -0.05) is 24.3 Å². The quantitative estimate of drug-likeness (QED) is 0.788. The molecular formula is C18H19N3O2. The second-order valence-corrected chi connectivity index (χ2v) is 5.38. The van der Waals surface area contributed by atoms with Crippen LogP contribution in [0.3, 0.4) is 0 Å². The summed E-state index contributed by atoms with van der Waals surface area (Å²) in [5.41, 5.74) is 3.00. The predicted molar refractivity (Wildman–Crippen MR) is 89.3 cm³/mol. The summed E-state index contributed by atoms with van der Waals surface area (Å²) in [4.78, 5) is 16.4. The van der Waals surface area contributed by atoms with Crippen LogP contribution < -0.4 is 10.1 Å². The zero-order chi connectivity index (χ0) is 16.2. The molecule has 1 N–H and O–H groups in total. The number of pyridine rings is 1. The molecule has 0 unspecified atom stereocenters. The average molecular weight is 309 g/mol. The molecule has 3 rings (SSSR count). The molecule has 0 bridgehead atoms. The topological polar surface area (TPSA) is 56.1 Å². The first-order chi connectivity index (χ1) is 11.2. The van der Waals surface area contributed by atoms with E-state index in [2.05, 4.69) is 22.4 Å². The number of carbonyl (C=O) groups is 1. The lowest BCUT2D eigenvalue weighted by Crippen LogP contribution is -2.27. The fraction of sp³-hybridized carbons (Fsp3) is 0.222. The van der Waals surface area contributed by atoms with Gasteiger partial charge in [0.05, 0.1) is 7.11 Å². The number of ether oxygens (including phenoxy) is 1. The van der Waals surface area contributed by atoms with Gasteiger partial charge in [0.25, 0.3) is 0 Å². The molecule has 0 saturated heterocycles. The SMILES string of the molecule is COc1ncccc1CNC(=O)Cn1c(C)cc2ccccc21. The Hall–Kier alpha value is -2.82. The number of aromatic nitrogens is 2. The van der Waals surface area contributed by atoms with E-state index in [0.29, 0.717) is 19.0 Å². The van der Waals surface area contributed by atoms with Crippen LogP contribution in [0.25, 0.3) is 10.9 Å². The van der Waals surface area contributed by atoms with Gasteiger partial charge in [0.2, 0.25) is 11.8 Å². The van der Waals surface area contributed by atoms with Gasteiger partial charge in [0, 0.05) is 29.5 Å². The fourth-order valence-electron chi connectivity index (χ4n) is 2.69. The molecule has 5 nitrogen and oxygen atoms in total. The second-order valence-electron chi connectivity index (χ2n) is 5.38. The molecule has 0 aliphatic carbocycles. The minimum absolute atomic E-state index is 0.0413. The van der Waals surface area contributed by atoms with Crippen LogP contribution in [-0.4, -0.2) is 22.6 Å². The van der Waals surface area contributed by atoms with E-state index in [9.17, 15) is 4.79 Å². The number of carbonyl (C=O) groups excluding carboxylic acids is 1. The van der Waals surface area contributed by atoms with Crippen molar-refractivity contribution in [3.05, 3.63) is 59.9 Å². The van der Waals surface area contributed by atoms with E-state index in [1.54, 1.807) is 13.3 Å². The summed E-state index contributed by atoms with van der Waals surface area (Å²) in [7, 11) is 1.57.